The number of carboxylic acids is 1. The topological polar surface area (TPSA) is 109 Å². The summed E-state index contributed by atoms with van der Waals surface area (Å²) in [6.45, 7) is 5.25. The summed E-state index contributed by atoms with van der Waals surface area (Å²) in [5.41, 5.74) is -0.512. The first-order valence-corrected chi connectivity index (χ1v) is 10.5. The normalized spacial score (nSPS) is 17.7. The molecule has 0 bridgehead atoms. The third-order valence-electron chi connectivity index (χ3n) is 4.09. The van der Waals surface area contributed by atoms with Crippen LogP contribution in [0.25, 0.3) is 0 Å². The minimum Gasteiger partial charge on any atom is -0.478 e. The Morgan fingerprint density at radius 2 is 1.42 bits per heavy atom. The van der Waals surface area contributed by atoms with E-state index in [1.165, 1.54) is 42.5 Å². The molecule has 138 valence electrons. The zero-order valence-electron chi connectivity index (χ0n) is 14.3. The minimum atomic E-state index is -4.33. The molecule has 0 saturated heterocycles. The van der Waals surface area contributed by atoms with Crippen molar-refractivity contribution in [3.8, 4) is 0 Å². The van der Waals surface area contributed by atoms with Crippen molar-refractivity contribution in [1.29, 1.82) is 0 Å². The fraction of sp³-hybridized carbons (Fsp3) is 0.235. The smallest absolute Gasteiger partial charge is 0.335 e. The number of fused-ring (bicyclic) bond motifs is 1. The third-order valence-corrected chi connectivity index (χ3v) is 8.49. The molecule has 1 N–H and O–H groups in total. The van der Waals surface area contributed by atoms with Crippen molar-refractivity contribution in [2.75, 3.05) is 3.71 Å². The van der Waals surface area contributed by atoms with Gasteiger partial charge in [-0.05, 0) is 41.3 Å². The fourth-order valence-electron chi connectivity index (χ4n) is 2.87. The average Bonchev–Trinajstić information content (AvgIpc) is 2.69. The monoisotopic (exact) mass is 395 g/mol. The Morgan fingerprint density at radius 1 is 0.923 bits per heavy atom. The van der Waals surface area contributed by atoms with Gasteiger partial charge in [0.25, 0.3) is 20.0 Å². The number of hydrogen-bond donors (Lipinski definition) is 1. The molecule has 26 heavy (non-hydrogen) atoms. The second-order valence-corrected chi connectivity index (χ2v) is 10.7. The number of sulfonamides is 2. The molecule has 9 heteroatoms. The first kappa shape index (κ1) is 18.4. The summed E-state index contributed by atoms with van der Waals surface area (Å²) in [4.78, 5) is 10.7. The Morgan fingerprint density at radius 3 is 1.85 bits per heavy atom. The molecule has 0 unspecified atom stereocenters. The molecule has 0 amide bonds. The van der Waals surface area contributed by atoms with Crippen molar-refractivity contribution < 1.29 is 26.7 Å². The predicted octanol–water partition coefficient (Wildman–Crippen LogP) is 2.58. The molecule has 0 saturated carbocycles. The zero-order valence-corrected chi connectivity index (χ0v) is 15.9. The number of carboxylic acid groups (broad SMARTS) is 1. The quantitative estimate of drug-likeness (QED) is 0.837. The number of carbonyl (C=O) groups is 1. The summed E-state index contributed by atoms with van der Waals surface area (Å²) in [5.74, 6) is -1.18. The van der Waals surface area contributed by atoms with Gasteiger partial charge >= 0.3 is 5.97 Å². The summed E-state index contributed by atoms with van der Waals surface area (Å²) >= 11 is 0. The van der Waals surface area contributed by atoms with Crippen LogP contribution in [-0.4, -0.2) is 27.9 Å². The van der Waals surface area contributed by atoms with E-state index < -0.39 is 31.4 Å². The number of rotatable bonds is 2. The summed E-state index contributed by atoms with van der Waals surface area (Å²) in [6.07, 6.45) is 0. The second kappa shape index (κ2) is 5.55. The standard InChI is InChI=1S/C17H17NO6S2/c1-17(2,3)12-10-11(16(19)20)8-9-13(12)18-25(21,22)14-6-4-5-7-15(14)26(18,23)24/h4-10H,1-3H3,(H,19,20). The van der Waals surface area contributed by atoms with E-state index in [9.17, 15) is 26.7 Å². The van der Waals surface area contributed by atoms with Gasteiger partial charge in [0.05, 0.1) is 11.3 Å². The Balaban J connectivity index is 2.37. The van der Waals surface area contributed by atoms with Crippen LogP contribution in [0.1, 0.15) is 36.7 Å². The van der Waals surface area contributed by atoms with Crippen molar-refractivity contribution in [2.24, 2.45) is 0 Å². The van der Waals surface area contributed by atoms with Crippen LogP contribution in [0.2, 0.25) is 0 Å². The lowest BCUT2D eigenvalue weighted by atomic mass is 9.85. The number of benzene rings is 2. The van der Waals surface area contributed by atoms with Crippen LogP contribution >= 0.6 is 0 Å². The summed E-state index contributed by atoms with van der Waals surface area (Å²) in [5, 5.41) is 9.23. The predicted molar refractivity (Wildman–Crippen MR) is 95.4 cm³/mol. The highest BCUT2D eigenvalue weighted by Gasteiger charge is 2.48. The molecule has 1 aliphatic heterocycles. The lowest BCUT2D eigenvalue weighted by Crippen LogP contribution is -2.32. The molecule has 7 nitrogen and oxygen atoms in total. The van der Waals surface area contributed by atoms with E-state index >= 15 is 0 Å². The van der Waals surface area contributed by atoms with Crippen LogP contribution in [0.15, 0.2) is 52.3 Å². The van der Waals surface area contributed by atoms with Crippen molar-refractivity contribution in [3.63, 3.8) is 0 Å². The highest BCUT2D eigenvalue weighted by atomic mass is 32.3. The first-order chi connectivity index (χ1) is 11.9. The molecule has 1 heterocycles. The van der Waals surface area contributed by atoms with Gasteiger partial charge in [-0.25, -0.2) is 4.79 Å². The molecule has 0 radical (unpaired) electrons. The van der Waals surface area contributed by atoms with Gasteiger partial charge in [-0.15, -0.1) is 0 Å². The highest BCUT2D eigenvalue weighted by molar-refractivity contribution is 8.12. The molecule has 1 aliphatic rings. The first-order valence-electron chi connectivity index (χ1n) is 7.66. The SMILES string of the molecule is CC(C)(C)c1cc(C(=O)O)ccc1N1S(=O)(=O)c2ccccc2S1(=O)=O. The van der Waals surface area contributed by atoms with Crippen molar-refractivity contribution in [1.82, 2.24) is 0 Å². The van der Waals surface area contributed by atoms with Crippen LogP contribution in [0.3, 0.4) is 0 Å². The molecule has 2 aromatic rings. The molecule has 0 spiro atoms. The van der Waals surface area contributed by atoms with E-state index in [4.69, 9.17) is 0 Å². The van der Waals surface area contributed by atoms with E-state index in [1.54, 1.807) is 20.8 Å². The molecular formula is C17H17NO6S2. The van der Waals surface area contributed by atoms with Crippen LogP contribution in [-0.2, 0) is 25.5 Å². The molecular weight excluding hydrogens is 378 g/mol. The van der Waals surface area contributed by atoms with E-state index in [0.29, 0.717) is 9.27 Å². The van der Waals surface area contributed by atoms with Gasteiger partial charge in [0, 0.05) is 0 Å². The van der Waals surface area contributed by atoms with Crippen molar-refractivity contribution >= 4 is 31.7 Å². The summed E-state index contributed by atoms with van der Waals surface area (Å²) in [6, 6.07) is 9.12. The molecule has 3 rings (SSSR count). The van der Waals surface area contributed by atoms with Gasteiger partial charge in [0.2, 0.25) is 0 Å². The van der Waals surface area contributed by atoms with Gasteiger partial charge in [-0.1, -0.05) is 32.9 Å². The van der Waals surface area contributed by atoms with Gasteiger partial charge in [0.1, 0.15) is 9.79 Å². The summed E-state index contributed by atoms with van der Waals surface area (Å²) < 4.78 is 52.1. The lowest BCUT2D eigenvalue weighted by molar-refractivity contribution is 0.0696. The van der Waals surface area contributed by atoms with Gasteiger partial charge in [0.15, 0.2) is 0 Å². The van der Waals surface area contributed by atoms with Gasteiger partial charge in [-0.3, -0.25) is 0 Å². The number of hydrogen-bond acceptors (Lipinski definition) is 5. The maximum atomic E-state index is 12.9. The Kier molecular flexibility index (Phi) is 3.93. The largest absolute Gasteiger partial charge is 0.478 e. The third kappa shape index (κ3) is 2.58. The number of aromatic carboxylic acids is 1. The average molecular weight is 395 g/mol. The Bertz CT molecular complexity index is 1080. The molecule has 0 aromatic heterocycles. The van der Waals surface area contributed by atoms with Gasteiger partial charge in [-0.2, -0.15) is 20.5 Å². The van der Waals surface area contributed by atoms with Crippen LogP contribution in [0, 0.1) is 0 Å². The zero-order chi connectivity index (χ0) is 19.5. The van der Waals surface area contributed by atoms with E-state index in [1.807, 2.05) is 0 Å². The molecule has 0 aliphatic carbocycles. The fourth-order valence-corrected chi connectivity index (χ4v) is 7.36. The Hall–Kier alpha value is -2.39. The van der Waals surface area contributed by atoms with E-state index in [2.05, 4.69) is 0 Å². The summed E-state index contributed by atoms with van der Waals surface area (Å²) in [7, 11) is -8.65. The van der Waals surface area contributed by atoms with Crippen LogP contribution in [0.4, 0.5) is 5.69 Å². The minimum absolute atomic E-state index is 0.0508. The lowest BCUT2D eigenvalue weighted by Gasteiger charge is -2.27. The molecule has 0 fully saturated rings. The van der Waals surface area contributed by atoms with Crippen LogP contribution in [0.5, 0.6) is 0 Å². The van der Waals surface area contributed by atoms with E-state index in [-0.39, 0.29) is 21.0 Å². The molecule has 2 aromatic carbocycles. The maximum absolute atomic E-state index is 12.9. The Labute approximate surface area is 152 Å². The van der Waals surface area contributed by atoms with Gasteiger partial charge < -0.3 is 5.11 Å². The number of anilines is 1. The molecule has 0 atom stereocenters. The second-order valence-electron chi connectivity index (χ2n) is 6.94. The van der Waals surface area contributed by atoms with Crippen molar-refractivity contribution in [3.05, 3.63) is 53.6 Å². The number of nitrogens with zero attached hydrogens (tertiary/aromatic N) is 1. The maximum Gasteiger partial charge on any atom is 0.335 e. The van der Waals surface area contributed by atoms with E-state index in [0.717, 1.165) is 0 Å². The van der Waals surface area contributed by atoms with Crippen LogP contribution < -0.4 is 3.71 Å². The van der Waals surface area contributed by atoms with Crippen molar-refractivity contribution in [2.45, 2.75) is 36.0 Å². The highest BCUT2D eigenvalue weighted by Crippen LogP contribution is 2.44.